The predicted octanol–water partition coefficient (Wildman–Crippen LogP) is 27.6. The Hall–Kier alpha value is -11.0. The third-order valence-electron chi connectivity index (χ3n) is 21.6. The molecular formula is C106H143Cl3N18O3S2. The Morgan fingerprint density at radius 3 is 1.36 bits per heavy atom. The minimum absolute atomic E-state index is 0.00183. The summed E-state index contributed by atoms with van der Waals surface area (Å²) in [6.45, 7) is 64.3. The number of allylic oxidation sites excluding steroid dienone is 8. The van der Waals surface area contributed by atoms with E-state index in [1.165, 1.54) is 49.7 Å². The molecule has 10 aromatic heterocycles. The second-order valence-electron chi connectivity index (χ2n) is 43.4. The van der Waals surface area contributed by atoms with Crippen LogP contribution in [-0.2, 0) is 67.0 Å². The van der Waals surface area contributed by atoms with Crippen LogP contribution in [0.5, 0.6) is 0 Å². The van der Waals surface area contributed by atoms with Crippen LogP contribution in [0.1, 0.15) is 265 Å². The minimum Gasteiger partial charge on any atom is -0.424 e. The second kappa shape index (κ2) is 42.9. The number of anilines is 7. The molecule has 4 aromatic carbocycles. The molecule has 0 saturated heterocycles. The number of Topliss-reactive ketones (excluding diaryl/α,β-unsaturated/α-hetero) is 2. The predicted molar refractivity (Wildman–Crippen MR) is 567 cm³/mol. The fourth-order valence-corrected chi connectivity index (χ4v) is 16.2. The van der Waals surface area contributed by atoms with Crippen LogP contribution in [0, 0.1) is 10.8 Å². The largest absolute Gasteiger partial charge is 0.424 e. The Bertz CT molecular complexity index is 6170. The van der Waals surface area contributed by atoms with E-state index in [1.807, 2.05) is 106 Å². The standard InChI is InChI=1S/2C12H17N3.C11H13ClN2.C11H14N2O.2C11H14N2S.C10H13ClO.C10H14O.C9H13ClN2.C9H14N2/c2*1-12(2,3)10-5-8-7-14-11(13)6-9(8)15(10)4;1-11(2,3)7-4-8(12)10-9(5-7)13-6-14-10;1-11(2,3)7-4-5-8-9(6-7)14-10(12)13-8;1-11(2,3)7-4-5-9-8(6-7)13-10(12)14-9;1-11(2,3)7-4-5-8-9(6-7)14-10(12)13-8;1-10(2,3)8-6-7(11)4-5-9(8)12;1-10(2,3)8-6-4-5-7-9(8)11;1-9(2,3)7-4-6(10)5-12-8(7)11;1-9(2,3)7-5-4-6-11-8(7)10/h2*5-7H,1-4H3,(H2,13,14);4-6H,1-3H3,(H,13,14);3*4-6H,1-3H3,(H2,12,13);4,6H,5H2,1-3H3;4-6H,7H2,1-3H3;4-5H,1-3H3,(H2,11,12);4-6H,1-3H3,(H2,10,11). The number of thiazole rings is 2. The number of ketones is 2. The van der Waals surface area contributed by atoms with Gasteiger partial charge in [-0.3, -0.25) is 9.59 Å². The van der Waals surface area contributed by atoms with Crippen LogP contribution >= 0.6 is 57.5 Å². The van der Waals surface area contributed by atoms with Gasteiger partial charge in [-0.15, -0.1) is 0 Å². The van der Waals surface area contributed by atoms with Crippen molar-refractivity contribution in [1.82, 2.24) is 54.0 Å². The number of carbonyl (C=O) groups is 2. The van der Waals surface area contributed by atoms with Gasteiger partial charge in [-0.2, -0.15) is 4.98 Å². The highest BCUT2D eigenvalue weighted by molar-refractivity contribution is 7.22. The lowest BCUT2D eigenvalue weighted by Crippen LogP contribution is -2.19. The molecule has 15 N–H and O–H groups in total. The molecule has 16 rings (SSSR count). The Balaban J connectivity index is 0.000000201. The molecule has 0 radical (unpaired) electrons. The molecule has 2 aliphatic rings. The van der Waals surface area contributed by atoms with E-state index in [9.17, 15) is 9.59 Å². The smallest absolute Gasteiger partial charge is 0.292 e. The number of carbonyl (C=O) groups excluding carboxylic acids is 2. The number of aryl methyl sites for hydroxylation is 2. The highest BCUT2D eigenvalue weighted by Gasteiger charge is 2.28. The molecule has 0 spiro atoms. The summed E-state index contributed by atoms with van der Waals surface area (Å²) in [6.07, 6.45) is 18.9. The van der Waals surface area contributed by atoms with Crippen LogP contribution in [0.3, 0.4) is 0 Å². The normalized spacial score (nSPS) is 13.2. The first-order chi connectivity index (χ1) is 60.5. The number of rotatable bonds is 0. The summed E-state index contributed by atoms with van der Waals surface area (Å²) in [4.78, 5) is 58.8. The number of oxazole rings is 1. The number of nitrogens with one attached hydrogen (secondary N) is 1. The number of hydrogen-bond donors (Lipinski definition) is 8. The Morgan fingerprint density at radius 2 is 0.902 bits per heavy atom. The summed E-state index contributed by atoms with van der Waals surface area (Å²) in [5.41, 5.74) is 59.7. The van der Waals surface area contributed by atoms with Crippen molar-refractivity contribution in [3.63, 3.8) is 0 Å². The van der Waals surface area contributed by atoms with Crippen LogP contribution in [0.4, 0.5) is 39.5 Å². The summed E-state index contributed by atoms with van der Waals surface area (Å²) in [7, 11) is 4.14. The van der Waals surface area contributed by atoms with Gasteiger partial charge >= 0.3 is 0 Å². The molecule has 0 saturated carbocycles. The van der Waals surface area contributed by atoms with Gasteiger partial charge in [-0.1, -0.05) is 314 Å². The summed E-state index contributed by atoms with van der Waals surface area (Å²) < 4.78 is 12.0. The zero-order valence-electron chi connectivity index (χ0n) is 83.8. The first-order valence-electron chi connectivity index (χ1n) is 44.2. The fraction of sp³-hybridized carbons (Fsp3) is 0.415. The van der Waals surface area contributed by atoms with E-state index in [0.29, 0.717) is 61.5 Å². The molecule has 708 valence electrons. The van der Waals surface area contributed by atoms with Gasteiger partial charge in [0, 0.05) is 119 Å². The van der Waals surface area contributed by atoms with Crippen LogP contribution in [0.25, 0.3) is 64.4 Å². The van der Waals surface area contributed by atoms with E-state index in [2.05, 4.69) is 310 Å². The minimum atomic E-state index is -0.0918. The van der Waals surface area contributed by atoms with Crippen molar-refractivity contribution in [1.29, 1.82) is 0 Å². The third kappa shape index (κ3) is 30.8. The molecule has 21 nitrogen and oxygen atoms in total. The average molecular weight is 1890 g/mol. The molecule has 0 bridgehead atoms. The lowest BCUT2D eigenvalue weighted by Gasteiger charge is -2.23. The Labute approximate surface area is 805 Å². The molecule has 0 fully saturated rings. The Kier molecular flexibility index (Phi) is 35.2. The third-order valence-corrected chi connectivity index (χ3v) is 24.1. The number of aromatic nitrogens is 11. The van der Waals surface area contributed by atoms with E-state index < -0.39 is 0 Å². The number of hydrogen-bond acceptors (Lipinski definition) is 20. The summed E-state index contributed by atoms with van der Waals surface area (Å²) >= 11 is 20.8. The highest BCUT2D eigenvalue weighted by Crippen LogP contribution is 2.39. The van der Waals surface area contributed by atoms with Crippen molar-refractivity contribution in [3.8, 4) is 0 Å². The summed E-state index contributed by atoms with van der Waals surface area (Å²) in [5.74, 6) is 2.80. The maximum absolute atomic E-state index is 11.4. The number of imidazole rings is 1. The number of fused-ring (bicyclic) bond motifs is 6. The first kappa shape index (κ1) is 108. The van der Waals surface area contributed by atoms with Crippen LogP contribution in [0.15, 0.2) is 191 Å². The van der Waals surface area contributed by atoms with Crippen molar-refractivity contribution in [2.45, 2.75) is 264 Å². The summed E-state index contributed by atoms with van der Waals surface area (Å²) in [5, 5.41) is 5.62. The molecule has 14 aromatic rings. The maximum Gasteiger partial charge on any atom is 0.292 e. The monoisotopic (exact) mass is 1890 g/mol. The second-order valence-corrected chi connectivity index (χ2v) is 46.8. The molecule has 26 heteroatoms. The van der Waals surface area contributed by atoms with Crippen molar-refractivity contribution >= 4 is 173 Å². The van der Waals surface area contributed by atoms with E-state index in [-0.39, 0.29) is 71.7 Å². The number of nitrogens with zero attached hydrogens (tertiary/aromatic N) is 10. The molecule has 132 heavy (non-hydrogen) atoms. The van der Waals surface area contributed by atoms with Gasteiger partial charge in [0.2, 0.25) is 0 Å². The van der Waals surface area contributed by atoms with Gasteiger partial charge in [0.05, 0.1) is 53.4 Å². The average Bonchev–Trinajstić information content (AvgIpc) is 1.65. The molecular weight excluding hydrogens is 1740 g/mol. The summed E-state index contributed by atoms with van der Waals surface area (Å²) in [6, 6.07) is 37.1. The number of nitrogen functional groups attached to an aromatic ring is 7. The molecule has 0 unspecified atom stereocenters. The topological polar surface area (TPSA) is 358 Å². The number of halogens is 3. The Morgan fingerprint density at radius 1 is 0.424 bits per heavy atom. The van der Waals surface area contributed by atoms with E-state index >= 15 is 0 Å². The molecule has 10 heterocycles. The number of pyridine rings is 4. The highest BCUT2D eigenvalue weighted by atomic mass is 35.5. The fourth-order valence-electron chi connectivity index (χ4n) is 14.1. The van der Waals surface area contributed by atoms with E-state index in [1.54, 1.807) is 42.2 Å². The van der Waals surface area contributed by atoms with Crippen LogP contribution in [-0.4, -0.2) is 65.6 Å². The van der Waals surface area contributed by atoms with Gasteiger partial charge in [0.25, 0.3) is 6.01 Å². The van der Waals surface area contributed by atoms with Gasteiger partial charge in [-0.25, -0.2) is 34.9 Å². The molecule has 0 aliphatic heterocycles. The van der Waals surface area contributed by atoms with Crippen molar-refractivity contribution in [2.24, 2.45) is 24.9 Å². The van der Waals surface area contributed by atoms with Crippen LogP contribution in [0.2, 0.25) is 10.0 Å². The number of nitrogens with two attached hydrogens (primary N) is 7. The van der Waals surface area contributed by atoms with Crippen LogP contribution < -0.4 is 40.1 Å². The maximum atomic E-state index is 11.4. The lowest BCUT2D eigenvalue weighted by atomic mass is 9.81. The quantitative estimate of drug-likeness (QED) is 0.0699. The molecule has 2 aliphatic carbocycles. The SMILES string of the molecule is CC(C)(C)C1=CC(Cl)=CCC1=O.CC(C)(C)C1=CC=CCC1=O.CC(C)(C)c1cc(Cl)c2nc[nH]c2c1.CC(C)(C)c1cc(Cl)cnc1N.CC(C)(C)c1ccc2nc(N)oc2c1.CC(C)(C)c1ccc2nc(N)sc2c1.CC(C)(C)c1ccc2sc(N)nc2c1.CC(C)(C)c1cccnc1N.Cn1c(C(C)(C)C)cc2cnc(N)cc21.Cn1c(C(C)(C)C)cc2cnc(N)cc21. The van der Waals surface area contributed by atoms with E-state index in [0.717, 1.165) is 81.9 Å². The van der Waals surface area contributed by atoms with Gasteiger partial charge in [-0.05, 0) is 150 Å². The molecule has 0 amide bonds. The van der Waals surface area contributed by atoms with Crippen molar-refractivity contribution in [2.75, 3.05) is 40.1 Å². The van der Waals surface area contributed by atoms with Crippen molar-refractivity contribution in [3.05, 3.63) is 242 Å². The number of aromatic amines is 1. The zero-order valence-corrected chi connectivity index (χ0v) is 87.7. The van der Waals surface area contributed by atoms with Gasteiger partial charge in [0.1, 0.15) is 34.3 Å². The van der Waals surface area contributed by atoms with E-state index in [4.69, 9.17) is 79.4 Å². The van der Waals surface area contributed by atoms with Gasteiger partial charge < -0.3 is 58.7 Å². The molecule has 0 atom stereocenters. The lowest BCUT2D eigenvalue weighted by molar-refractivity contribution is -0.116. The van der Waals surface area contributed by atoms with Gasteiger partial charge in [0.15, 0.2) is 27.4 Å². The zero-order chi connectivity index (χ0) is 99.5. The first-order valence-corrected chi connectivity index (χ1v) is 47.0. The van der Waals surface area contributed by atoms with Crippen molar-refractivity contribution < 1.29 is 14.0 Å². The number of benzene rings is 4. The number of H-pyrrole nitrogens is 1.